The Morgan fingerprint density at radius 1 is 1.45 bits per heavy atom. The summed E-state index contributed by atoms with van der Waals surface area (Å²) in [6.07, 6.45) is 2.51. The van der Waals surface area contributed by atoms with Crippen LogP contribution in [0, 0.1) is 6.92 Å². The highest BCUT2D eigenvalue weighted by Crippen LogP contribution is 2.16. The standard InChI is InChI=1S/C14H20N2O3S/c1-4-8-16(9-5-2)14(17)13-7-6-12(10-11(13)3)20(15,18)19/h4,6-7,10H,1,5,8-9H2,2-3H3,(H2,15,18,19). The number of carbonyl (C=O) groups excluding carboxylic acids is 1. The molecule has 0 bridgehead atoms. The van der Waals surface area contributed by atoms with Gasteiger partial charge in [0.2, 0.25) is 10.0 Å². The molecule has 20 heavy (non-hydrogen) atoms. The summed E-state index contributed by atoms with van der Waals surface area (Å²) in [4.78, 5) is 14.1. The predicted octanol–water partition coefficient (Wildman–Crippen LogP) is 1.68. The summed E-state index contributed by atoms with van der Waals surface area (Å²) in [5, 5.41) is 5.07. The van der Waals surface area contributed by atoms with Gasteiger partial charge < -0.3 is 4.90 Å². The molecule has 0 fully saturated rings. The molecule has 0 radical (unpaired) electrons. The lowest BCUT2D eigenvalue weighted by Gasteiger charge is -2.21. The van der Waals surface area contributed by atoms with Gasteiger partial charge >= 0.3 is 0 Å². The molecule has 0 saturated heterocycles. The first-order valence-corrected chi connectivity index (χ1v) is 7.89. The number of nitrogens with two attached hydrogens (primary N) is 1. The molecule has 0 aliphatic heterocycles. The van der Waals surface area contributed by atoms with Crippen molar-refractivity contribution in [1.82, 2.24) is 4.90 Å². The molecule has 1 aromatic rings. The normalized spacial score (nSPS) is 11.2. The second kappa shape index (κ2) is 6.67. The van der Waals surface area contributed by atoms with E-state index in [9.17, 15) is 13.2 Å². The fourth-order valence-electron chi connectivity index (χ4n) is 1.92. The number of rotatable bonds is 6. The van der Waals surface area contributed by atoms with Crippen LogP contribution in [-0.2, 0) is 10.0 Å². The SMILES string of the molecule is C=CCN(CCC)C(=O)c1ccc(S(N)(=O)=O)cc1C. The van der Waals surface area contributed by atoms with E-state index in [4.69, 9.17) is 5.14 Å². The summed E-state index contributed by atoms with van der Waals surface area (Å²) in [5.41, 5.74) is 1.07. The number of aryl methyl sites for hydroxylation is 1. The maximum absolute atomic E-state index is 12.4. The van der Waals surface area contributed by atoms with Gasteiger partial charge in [0.1, 0.15) is 0 Å². The highest BCUT2D eigenvalue weighted by molar-refractivity contribution is 7.89. The smallest absolute Gasteiger partial charge is 0.254 e. The van der Waals surface area contributed by atoms with Crippen molar-refractivity contribution in [3.8, 4) is 0 Å². The lowest BCUT2D eigenvalue weighted by Crippen LogP contribution is -2.32. The average molecular weight is 296 g/mol. The minimum atomic E-state index is -3.75. The Morgan fingerprint density at radius 2 is 2.10 bits per heavy atom. The van der Waals surface area contributed by atoms with Crippen molar-refractivity contribution in [3.63, 3.8) is 0 Å². The highest BCUT2D eigenvalue weighted by atomic mass is 32.2. The third kappa shape index (κ3) is 3.91. The number of hydrogen-bond acceptors (Lipinski definition) is 3. The van der Waals surface area contributed by atoms with Crippen LogP contribution in [0.4, 0.5) is 0 Å². The van der Waals surface area contributed by atoms with Crippen LogP contribution < -0.4 is 5.14 Å². The van der Waals surface area contributed by atoms with Gasteiger partial charge in [-0.2, -0.15) is 0 Å². The van der Waals surface area contributed by atoms with Gasteiger partial charge in [0, 0.05) is 18.7 Å². The van der Waals surface area contributed by atoms with Crippen molar-refractivity contribution in [2.45, 2.75) is 25.2 Å². The number of nitrogens with zero attached hydrogens (tertiary/aromatic N) is 1. The highest BCUT2D eigenvalue weighted by Gasteiger charge is 2.18. The van der Waals surface area contributed by atoms with Crippen LogP contribution in [0.15, 0.2) is 35.7 Å². The second-order valence-corrected chi connectivity index (χ2v) is 6.12. The molecule has 5 nitrogen and oxygen atoms in total. The van der Waals surface area contributed by atoms with Crippen LogP contribution in [0.1, 0.15) is 29.3 Å². The maximum Gasteiger partial charge on any atom is 0.254 e. The molecule has 0 spiro atoms. The third-order valence-corrected chi connectivity index (χ3v) is 3.80. The van der Waals surface area contributed by atoms with E-state index in [-0.39, 0.29) is 10.8 Å². The topological polar surface area (TPSA) is 80.5 Å². The van der Waals surface area contributed by atoms with E-state index in [1.54, 1.807) is 17.9 Å². The Labute approximate surface area is 120 Å². The molecule has 6 heteroatoms. The number of primary sulfonamides is 1. The Bertz CT molecular complexity index is 609. The van der Waals surface area contributed by atoms with E-state index < -0.39 is 10.0 Å². The van der Waals surface area contributed by atoms with E-state index in [0.717, 1.165) is 6.42 Å². The van der Waals surface area contributed by atoms with Crippen LogP contribution in [0.25, 0.3) is 0 Å². The molecule has 1 aromatic carbocycles. The number of carbonyl (C=O) groups is 1. The summed E-state index contributed by atoms with van der Waals surface area (Å²) in [5.74, 6) is -0.134. The minimum Gasteiger partial charge on any atom is -0.335 e. The van der Waals surface area contributed by atoms with Crippen molar-refractivity contribution in [2.75, 3.05) is 13.1 Å². The fraction of sp³-hybridized carbons (Fsp3) is 0.357. The van der Waals surface area contributed by atoms with E-state index in [0.29, 0.717) is 24.2 Å². The molecule has 0 unspecified atom stereocenters. The lowest BCUT2D eigenvalue weighted by molar-refractivity contribution is 0.0773. The van der Waals surface area contributed by atoms with Crippen LogP contribution in [-0.4, -0.2) is 32.3 Å². The molecular weight excluding hydrogens is 276 g/mol. The molecule has 0 atom stereocenters. The molecule has 1 amide bonds. The van der Waals surface area contributed by atoms with Gasteiger partial charge in [0.05, 0.1) is 4.90 Å². The quantitative estimate of drug-likeness (QED) is 0.811. The fourth-order valence-corrected chi connectivity index (χ4v) is 2.52. The maximum atomic E-state index is 12.4. The van der Waals surface area contributed by atoms with Gasteiger partial charge in [-0.1, -0.05) is 13.0 Å². The van der Waals surface area contributed by atoms with E-state index in [2.05, 4.69) is 6.58 Å². The monoisotopic (exact) mass is 296 g/mol. The van der Waals surface area contributed by atoms with Gasteiger partial charge in [-0.3, -0.25) is 4.79 Å². The van der Waals surface area contributed by atoms with Crippen LogP contribution in [0.2, 0.25) is 0 Å². The molecule has 0 heterocycles. The summed E-state index contributed by atoms with van der Waals surface area (Å²) in [6, 6.07) is 4.28. The molecule has 0 aliphatic carbocycles. The van der Waals surface area contributed by atoms with E-state index in [1.165, 1.54) is 18.2 Å². The summed E-state index contributed by atoms with van der Waals surface area (Å²) in [6.45, 7) is 8.41. The zero-order chi connectivity index (χ0) is 15.3. The number of hydrogen-bond donors (Lipinski definition) is 1. The summed E-state index contributed by atoms with van der Waals surface area (Å²) in [7, 11) is -3.75. The molecule has 110 valence electrons. The van der Waals surface area contributed by atoms with Gasteiger partial charge in [-0.05, 0) is 37.1 Å². The van der Waals surface area contributed by atoms with Crippen LogP contribution in [0.5, 0.6) is 0 Å². The first kappa shape index (κ1) is 16.4. The van der Waals surface area contributed by atoms with Gasteiger partial charge in [-0.25, -0.2) is 13.6 Å². The Hall–Kier alpha value is -1.66. The first-order valence-electron chi connectivity index (χ1n) is 6.34. The third-order valence-electron chi connectivity index (χ3n) is 2.89. The van der Waals surface area contributed by atoms with Crippen LogP contribution >= 0.6 is 0 Å². The summed E-state index contributed by atoms with van der Waals surface area (Å²) >= 11 is 0. The molecular formula is C14H20N2O3S. The van der Waals surface area contributed by atoms with Gasteiger partial charge in [-0.15, -0.1) is 6.58 Å². The van der Waals surface area contributed by atoms with Crippen molar-refractivity contribution in [1.29, 1.82) is 0 Å². The molecule has 1 rings (SSSR count). The predicted molar refractivity (Wildman–Crippen MR) is 78.9 cm³/mol. The summed E-state index contributed by atoms with van der Waals surface area (Å²) < 4.78 is 22.5. The van der Waals surface area contributed by atoms with E-state index >= 15 is 0 Å². The zero-order valence-electron chi connectivity index (χ0n) is 11.8. The van der Waals surface area contributed by atoms with Crippen molar-refractivity contribution >= 4 is 15.9 Å². The van der Waals surface area contributed by atoms with Crippen molar-refractivity contribution in [3.05, 3.63) is 42.0 Å². The second-order valence-electron chi connectivity index (χ2n) is 4.56. The first-order chi connectivity index (χ1) is 9.31. The Morgan fingerprint density at radius 3 is 2.55 bits per heavy atom. The Balaban J connectivity index is 3.13. The van der Waals surface area contributed by atoms with Crippen LogP contribution in [0.3, 0.4) is 0 Å². The van der Waals surface area contributed by atoms with Gasteiger partial charge in [0.25, 0.3) is 5.91 Å². The van der Waals surface area contributed by atoms with Gasteiger partial charge in [0.15, 0.2) is 0 Å². The van der Waals surface area contributed by atoms with E-state index in [1.807, 2.05) is 6.92 Å². The number of benzene rings is 1. The molecule has 2 N–H and O–H groups in total. The zero-order valence-corrected chi connectivity index (χ0v) is 12.6. The Kier molecular flexibility index (Phi) is 5.47. The van der Waals surface area contributed by atoms with Crippen molar-refractivity contribution < 1.29 is 13.2 Å². The van der Waals surface area contributed by atoms with Crippen molar-refractivity contribution in [2.24, 2.45) is 5.14 Å². The largest absolute Gasteiger partial charge is 0.335 e. The molecule has 0 saturated carbocycles. The number of amides is 1. The lowest BCUT2D eigenvalue weighted by atomic mass is 10.1. The minimum absolute atomic E-state index is 0.0114. The molecule has 0 aliphatic rings. The average Bonchev–Trinajstić information content (AvgIpc) is 2.36. The molecule has 0 aromatic heterocycles. The number of sulfonamides is 1.